The van der Waals surface area contributed by atoms with Crippen molar-refractivity contribution in [2.45, 2.75) is 30.9 Å². The van der Waals surface area contributed by atoms with Crippen molar-refractivity contribution in [2.75, 3.05) is 13.1 Å². The molecule has 2 aromatic rings. The molecule has 0 fully saturated rings. The van der Waals surface area contributed by atoms with Crippen LogP contribution in [-0.2, 0) is 10.5 Å². The van der Waals surface area contributed by atoms with Crippen LogP contribution in [0.15, 0.2) is 39.8 Å². The molecule has 0 aliphatic rings. The summed E-state index contributed by atoms with van der Waals surface area (Å²) in [5.74, 6) is 0.889. The molecule has 0 saturated carbocycles. The molecule has 7 heteroatoms. The number of aryl methyl sites for hydroxylation is 1. The molecule has 1 aromatic heterocycles. The Kier molecular flexibility index (Phi) is 6.87. The molecule has 24 heavy (non-hydrogen) atoms. The van der Waals surface area contributed by atoms with E-state index in [4.69, 9.17) is 4.52 Å². The van der Waals surface area contributed by atoms with Crippen molar-refractivity contribution < 1.29 is 14.1 Å². The van der Waals surface area contributed by atoms with Crippen LogP contribution < -0.4 is 10.6 Å². The molecule has 2 rings (SSSR count). The molecule has 2 N–H and O–H groups in total. The van der Waals surface area contributed by atoms with Crippen molar-refractivity contribution in [3.05, 3.63) is 47.3 Å². The molecule has 1 heterocycles. The number of hydrogen-bond donors (Lipinski definition) is 2. The van der Waals surface area contributed by atoms with E-state index in [2.05, 4.69) is 15.8 Å². The number of hydrogen-bond acceptors (Lipinski definition) is 5. The van der Waals surface area contributed by atoms with Gasteiger partial charge in [-0.15, -0.1) is 11.8 Å². The molecule has 128 valence electrons. The first-order chi connectivity index (χ1) is 11.6. The van der Waals surface area contributed by atoms with Crippen LogP contribution in [0.25, 0.3) is 0 Å². The van der Waals surface area contributed by atoms with Gasteiger partial charge in [0.25, 0.3) is 5.91 Å². The van der Waals surface area contributed by atoms with Gasteiger partial charge in [0.1, 0.15) is 5.76 Å². The SMILES string of the molecule is CCCNC(=O)CNC(=O)c1ccccc1SCc1cc(C)no1. The lowest BCUT2D eigenvalue weighted by Crippen LogP contribution is -2.37. The highest BCUT2D eigenvalue weighted by atomic mass is 32.2. The van der Waals surface area contributed by atoms with Gasteiger partial charge in [0.05, 0.1) is 23.6 Å². The van der Waals surface area contributed by atoms with E-state index < -0.39 is 0 Å². The Labute approximate surface area is 145 Å². The van der Waals surface area contributed by atoms with E-state index in [0.29, 0.717) is 17.9 Å². The Morgan fingerprint density at radius 1 is 1.25 bits per heavy atom. The lowest BCUT2D eigenvalue weighted by molar-refractivity contribution is -0.120. The maximum Gasteiger partial charge on any atom is 0.252 e. The van der Waals surface area contributed by atoms with Crippen molar-refractivity contribution in [2.24, 2.45) is 0 Å². The van der Waals surface area contributed by atoms with E-state index >= 15 is 0 Å². The zero-order valence-corrected chi connectivity index (χ0v) is 14.6. The fraction of sp³-hybridized carbons (Fsp3) is 0.353. The summed E-state index contributed by atoms with van der Waals surface area (Å²) in [6, 6.07) is 9.16. The third-order valence-electron chi connectivity index (χ3n) is 3.16. The zero-order valence-electron chi connectivity index (χ0n) is 13.8. The number of carbonyl (C=O) groups is 2. The fourth-order valence-electron chi connectivity index (χ4n) is 2.00. The van der Waals surface area contributed by atoms with Crippen LogP contribution in [0.4, 0.5) is 0 Å². The van der Waals surface area contributed by atoms with E-state index in [0.717, 1.165) is 22.8 Å². The van der Waals surface area contributed by atoms with Gasteiger partial charge in [0, 0.05) is 17.5 Å². The van der Waals surface area contributed by atoms with Gasteiger partial charge < -0.3 is 15.2 Å². The van der Waals surface area contributed by atoms with Gasteiger partial charge in [-0.1, -0.05) is 24.2 Å². The summed E-state index contributed by atoms with van der Waals surface area (Å²) in [5, 5.41) is 9.22. The predicted molar refractivity (Wildman–Crippen MR) is 92.9 cm³/mol. The molecule has 0 unspecified atom stereocenters. The number of thioether (sulfide) groups is 1. The van der Waals surface area contributed by atoms with Gasteiger partial charge >= 0.3 is 0 Å². The van der Waals surface area contributed by atoms with Crippen molar-refractivity contribution in [3.63, 3.8) is 0 Å². The molecule has 2 amide bonds. The van der Waals surface area contributed by atoms with E-state index in [1.165, 1.54) is 11.8 Å². The maximum atomic E-state index is 12.3. The third-order valence-corrected chi connectivity index (χ3v) is 4.26. The second-order valence-electron chi connectivity index (χ2n) is 5.25. The summed E-state index contributed by atoms with van der Waals surface area (Å²) in [6.07, 6.45) is 0.861. The monoisotopic (exact) mass is 347 g/mol. The normalized spacial score (nSPS) is 10.4. The van der Waals surface area contributed by atoms with Gasteiger partial charge in [-0.2, -0.15) is 0 Å². The second kappa shape index (κ2) is 9.12. The minimum Gasteiger partial charge on any atom is -0.360 e. The first-order valence-corrected chi connectivity index (χ1v) is 8.77. The summed E-state index contributed by atoms with van der Waals surface area (Å²) < 4.78 is 5.18. The quantitative estimate of drug-likeness (QED) is 0.717. The van der Waals surface area contributed by atoms with Crippen LogP contribution in [0, 0.1) is 6.92 Å². The van der Waals surface area contributed by atoms with E-state index in [9.17, 15) is 9.59 Å². The Bertz CT molecular complexity index is 700. The minimum atomic E-state index is -0.265. The smallest absolute Gasteiger partial charge is 0.252 e. The first-order valence-electron chi connectivity index (χ1n) is 7.79. The lowest BCUT2D eigenvalue weighted by atomic mass is 10.2. The number of benzene rings is 1. The Balaban J connectivity index is 1.94. The molecule has 6 nitrogen and oxygen atoms in total. The molecule has 0 aliphatic carbocycles. The van der Waals surface area contributed by atoms with Crippen molar-refractivity contribution in [1.82, 2.24) is 15.8 Å². The Morgan fingerprint density at radius 2 is 2.04 bits per heavy atom. The highest BCUT2D eigenvalue weighted by Crippen LogP contribution is 2.26. The summed E-state index contributed by atoms with van der Waals surface area (Å²) in [4.78, 5) is 24.7. The lowest BCUT2D eigenvalue weighted by Gasteiger charge is -2.09. The summed E-state index contributed by atoms with van der Waals surface area (Å²) >= 11 is 1.49. The number of nitrogens with zero attached hydrogens (tertiary/aromatic N) is 1. The number of amides is 2. The third kappa shape index (κ3) is 5.42. The maximum absolute atomic E-state index is 12.3. The van der Waals surface area contributed by atoms with E-state index in [1.54, 1.807) is 12.1 Å². The summed E-state index contributed by atoms with van der Waals surface area (Å²) in [7, 11) is 0. The van der Waals surface area contributed by atoms with Gasteiger partial charge in [-0.3, -0.25) is 9.59 Å². The van der Waals surface area contributed by atoms with Crippen LogP contribution in [-0.4, -0.2) is 30.1 Å². The number of aromatic nitrogens is 1. The summed E-state index contributed by atoms with van der Waals surface area (Å²) in [6.45, 7) is 4.42. The van der Waals surface area contributed by atoms with Crippen molar-refractivity contribution in [3.8, 4) is 0 Å². The average Bonchev–Trinajstić information content (AvgIpc) is 3.01. The Morgan fingerprint density at radius 3 is 2.75 bits per heavy atom. The molecule has 1 aromatic carbocycles. The molecule has 0 atom stereocenters. The second-order valence-corrected chi connectivity index (χ2v) is 6.27. The average molecular weight is 347 g/mol. The molecule has 0 spiro atoms. The van der Waals surface area contributed by atoms with Gasteiger partial charge in [-0.25, -0.2) is 0 Å². The number of rotatable bonds is 8. The highest BCUT2D eigenvalue weighted by molar-refractivity contribution is 7.98. The zero-order chi connectivity index (χ0) is 17.4. The predicted octanol–water partition coefficient (Wildman–Crippen LogP) is 2.53. The first kappa shape index (κ1) is 18.1. The summed E-state index contributed by atoms with van der Waals surface area (Å²) in [5.41, 5.74) is 1.37. The number of nitrogens with one attached hydrogen (secondary N) is 2. The number of carbonyl (C=O) groups excluding carboxylic acids is 2. The molecule has 0 bridgehead atoms. The Hall–Kier alpha value is -2.28. The van der Waals surface area contributed by atoms with E-state index in [-0.39, 0.29) is 18.4 Å². The van der Waals surface area contributed by atoms with Crippen molar-refractivity contribution >= 4 is 23.6 Å². The highest BCUT2D eigenvalue weighted by Gasteiger charge is 2.13. The van der Waals surface area contributed by atoms with Crippen LogP contribution in [0.1, 0.15) is 35.2 Å². The van der Waals surface area contributed by atoms with Crippen LogP contribution in [0.5, 0.6) is 0 Å². The largest absolute Gasteiger partial charge is 0.360 e. The molecule has 0 aliphatic heterocycles. The molecule has 0 saturated heterocycles. The van der Waals surface area contributed by atoms with Crippen LogP contribution >= 0.6 is 11.8 Å². The topological polar surface area (TPSA) is 84.2 Å². The minimum absolute atomic E-state index is 0.0286. The van der Waals surface area contributed by atoms with Crippen LogP contribution in [0.2, 0.25) is 0 Å². The van der Waals surface area contributed by atoms with Gasteiger partial charge in [-0.05, 0) is 25.5 Å². The molecular weight excluding hydrogens is 326 g/mol. The standard InChI is InChI=1S/C17H21N3O3S/c1-3-8-18-16(21)10-19-17(22)14-6-4-5-7-15(14)24-11-13-9-12(2)20-23-13/h4-7,9H,3,8,10-11H2,1-2H3,(H,18,21)(H,19,22). The van der Waals surface area contributed by atoms with Crippen molar-refractivity contribution in [1.29, 1.82) is 0 Å². The van der Waals surface area contributed by atoms with Crippen LogP contribution in [0.3, 0.4) is 0 Å². The fourth-order valence-corrected chi connectivity index (χ4v) is 2.92. The molecule has 0 radical (unpaired) electrons. The van der Waals surface area contributed by atoms with E-state index in [1.807, 2.05) is 32.0 Å². The molecular formula is C17H21N3O3S. The van der Waals surface area contributed by atoms with Gasteiger partial charge in [0.15, 0.2) is 0 Å². The van der Waals surface area contributed by atoms with Gasteiger partial charge in [0.2, 0.25) is 5.91 Å².